The smallest absolute Gasteiger partial charge is 0.307 e. The molecular weight excluding hydrogens is 479 g/mol. The van der Waals surface area contributed by atoms with Crippen LogP contribution in [0.15, 0.2) is 23.3 Å². The third-order valence-corrected chi connectivity index (χ3v) is 8.97. The predicted molar refractivity (Wildman–Crippen MR) is 120 cm³/mol. The molecule has 158 valence electrons. The molecule has 29 heavy (non-hydrogen) atoms. The summed E-state index contributed by atoms with van der Waals surface area (Å²) in [5.74, 6) is 1.44. The number of allylic oxidation sites excluding steroid dienone is 3. The van der Waals surface area contributed by atoms with Gasteiger partial charge in [-0.25, -0.2) is 0 Å². The number of ketones is 2. The highest BCUT2D eigenvalue weighted by atomic mass is 127. The molecular formula is C24H31IO4. The lowest BCUT2D eigenvalue weighted by Gasteiger charge is -2.57. The molecule has 0 N–H and O–H groups in total. The normalized spacial score (nSPS) is 40.9. The maximum Gasteiger partial charge on any atom is 0.307 e. The van der Waals surface area contributed by atoms with Crippen LogP contribution in [0.5, 0.6) is 0 Å². The lowest BCUT2D eigenvalue weighted by molar-refractivity contribution is -0.148. The van der Waals surface area contributed by atoms with Crippen LogP contribution >= 0.6 is 22.6 Å². The van der Waals surface area contributed by atoms with Gasteiger partial charge >= 0.3 is 5.97 Å². The van der Waals surface area contributed by atoms with E-state index in [1.165, 1.54) is 0 Å². The van der Waals surface area contributed by atoms with Crippen LogP contribution < -0.4 is 0 Å². The highest BCUT2D eigenvalue weighted by molar-refractivity contribution is 14.1. The molecule has 0 aromatic rings. The maximum absolute atomic E-state index is 13.3. The largest absolute Gasteiger partial charge is 0.458 e. The van der Waals surface area contributed by atoms with E-state index in [9.17, 15) is 14.4 Å². The van der Waals surface area contributed by atoms with Gasteiger partial charge in [-0.2, -0.15) is 0 Å². The molecule has 6 atom stereocenters. The Bertz CT molecular complexity index is 812. The molecule has 4 aliphatic carbocycles. The molecule has 0 aromatic heterocycles. The zero-order valence-corrected chi connectivity index (χ0v) is 19.8. The Labute approximate surface area is 187 Å². The van der Waals surface area contributed by atoms with E-state index in [0.717, 1.165) is 47.7 Å². The molecule has 0 aliphatic heterocycles. The van der Waals surface area contributed by atoms with Crippen LogP contribution in [0.4, 0.5) is 0 Å². The van der Waals surface area contributed by atoms with Gasteiger partial charge in [-0.1, -0.05) is 42.5 Å². The fourth-order valence-electron chi connectivity index (χ4n) is 7.03. The number of ether oxygens (including phenoxy) is 1. The molecule has 4 nitrogen and oxygen atoms in total. The first-order valence-corrected chi connectivity index (χ1v) is 12.5. The number of hydrogen-bond donors (Lipinski definition) is 0. The Morgan fingerprint density at radius 2 is 1.90 bits per heavy atom. The minimum atomic E-state index is -0.264. The van der Waals surface area contributed by atoms with Crippen molar-refractivity contribution in [2.45, 2.75) is 71.8 Å². The number of esters is 1. The highest BCUT2D eigenvalue weighted by Gasteiger charge is 2.59. The average Bonchev–Trinajstić information content (AvgIpc) is 3.01. The third kappa shape index (κ3) is 3.35. The van der Waals surface area contributed by atoms with Crippen molar-refractivity contribution >= 4 is 40.1 Å². The molecule has 0 aromatic carbocycles. The molecule has 0 saturated heterocycles. The van der Waals surface area contributed by atoms with Crippen LogP contribution in [0, 0.1) is 28.6 Å². The quantitative estimate of drug-likeness (QED) is 0.304. The van der Waals surface area contributed by atoms with Crippen LogP contribution in [0.2, 0.25) is 0 Å². The van der Waals surface area contributed by atoms with Gasteiger partial charge in [0.15, 0.2) is 11.6 Å². The maximum atomic E-state index is 13.3. The molecule has 4 rings (SSSR count). The molecule has 5 heteroatoms. The zero-order chi connectivity index (χ0) is 21.0. The second-order valence-corrected chi connectivity index (χ2v) is 11.0. The average molecular weight is 510 g/mol. The van der Waals surface area contributed by atoms with Gasteiger partial charge in [0.05, 0.1) is 6.42 Å². The van der Waals surface area contributed by atoms with E-state index in [1.54, 1.807) is 6.92 Å². The van der Waals surface area contributed by atoms with Crippen LogP contribution in [0.25, 0.3) is 0 Å². The zero-order valence-electron chi connectivity index (χ0n) is 17.6. The fraction of sp³-hybridized carbons (Fsp3) is 0.708. The predicted octanol–water partition coefficient (Wildman–Crippen LogP) is 4.99. The molecule has 1 unspecified atom stereocenters. The molecule has 2 saturated carbocycles. The summed E-state index contributed by atoms with van der Waals surface area (Å²) >= 11 is 2.18. The lowest BCUT2D eigenvalue weighted by Crippen LogP contribution is -2.53. The van der Waals surface area contributed by atoms with E-state index in [4.69, 9.17) is 4.74 Å². The number of carbonyl (C=O) groups excluding carboxylic acids is 3. The molecule has 2 fully saturated rings. The number of fused-ring (bicyclic) bond motifs is 5. The minimum Gasteiger partial charge on any atom is -0.458 e. The summed E-state index contributed by atoms with van der Waals surface area (Å²) in [6.07, 6.45) is 9.53. The van der Waals surface area contributed by atoms with Crippen molar-refractivity contribution in [2.24, 2.45) is 28.6 Å². The number of alkyl halides is 1. The summed E-state index contributed by atoms with van der Waals surface area (Å²) < 4.78 is 6.36. The number of Topliss-reactive ketones (excluding diaryl/α,β-unsaturated/α-hetero) is 2. The highest BCUT2D eigenvalue weighted by Crippen LogP contribution is 2.64. The summed E-state index contributed by atoms with van der Waals surface area (Å²) in [5.41, 5.74) is 1.69. The summed E-state index contributed by atoms with van der Waals surface area (Å²) in [6, 6.07) is 0. The van der Waals surface area contributed by atoms with Crippen molar-refractivity contribution in [1.29, 1.82) is 0 Å². The van der Waals surface area contributed by atoms with Crippen LogP contribution in [-0.2, 0) is 19.1 Å². The molecule has 0 heterocycles. The van der Waals surface area contributed by atoms with E-state index < -0.39 is 0 Å². The summed E-state index contributed by atoms with van der Waals surface area (Å²) in [4.78, 5) is 37.4. The monoisotopic (exact) mass is 510 g/mol. The minimum absolute atomic E-state index is 0.0724. The fourth-order valence-corrected chi connectivity index (χ4v) is 7.47. The second-order valence-electron chi connectivity index (χ2n) is 9.87. The SMILES string of the molecule is CC(=O)C1=CC[C@H]2[C@@H]3CC(=O)C4=CC(OC(=O)CCI)CC[C@]4(C)[C@H]3CC[C@]12C. The first-order valence-electron chi connectivity index (χ1n) is 10.9. The van der Waals surface area contributed by atoms with Gasteiger partial charge in [0.2, 0.25) is 0 Å². The van der Waals surface area contributed by atoms with Gasteiger partial charge in [-0.3, -0.25) is 14.4 Å². The van der Waals surface area contributed by atoms with Gasteiger partial charge in [0.25, 0.3) is 0 Å². The Hall–Kier alpha value is -0.980. The summed E-state index contributed by atoms with van der Waals surface area (Å²) in [7, 11) is 0. The molecule has 0 amide bonds. The first kappa shape index (κ1) is 21.3. The summed E-state index contributed by atoms with van der Waals surface area (Å²) in [5, 5.41) is 0. The molecule has 4 aliphatic rings. The van der Waals surface area contributed by atoms with Gasteiger partial charge < -0.3 is 4.74 Å². The molecule has 0 bridgehead atoms. The van der Waals surface area contributed by atoms with Crippen molar-refractivity contribution in [2.75, 3.05) is 4.43 Å². The van der Waals surface area contributed by atoms with Crippen LogP contribution in [0.1, 0.15) is 65.7 Å². The van der Waals surface area contributed by atoms with Gasteiger partial charge in [0, 0.05) is 16.4 Å². The lowest BCUT2D eigenvalue weighted by atomic mass is 9.46. The van der Waals surface area contributed by atoms with Crippen molar-refractivity contribution in [1.82, 2.24) is 0 Å². The Morgan fingerprint density at radius 3 is 2.59 bits per heavy atom. The van der Waals surface area contributed by atoms with Crippen LogP contribution in [0.3, 0.4) is 0 Å². The van der Waals surface area contributed by atoms with E-state index in [1.807, 2.05) is 6.08 Å². The third-order valence-electron chi connectivity index (χ3n) is 8.43. The van der Waals surface area contributed by atoms with Crippen molar-refractivity contribution in [3.63, 3.8) is 0 Å². The number of halogens is 1. The van der Waals surface area contributed by atoms with Gasteiger partial charge in [-0.15, -0.1) is 0 Å². The molecule has 0 radical (unpaired) electrons. The van der Waals surface area contributed by atoms with E-state index in [-0.39, 0.29) is 34.5 Å². The van der Waals surface area contributed by atoms with E-state index in [0.29, 0.717) is 30.6 Å². The Kier molecular flexibility index (Phi) is 5.58. The number of carbonyl (C=O) groups is 3. The topological polar surface area (TPSA) is 60.4 Å². The number of rotatable bonds is 4. The Morgan fingerprint density at radius 1 is 1.17 bits per heavy atom. The standard InChI is InChI=1S/C24H31IO4/c1-14(26)17-4-5-18-16-13-21(27)20-12-15(29-22(28)8-11-25)6-9-24(20,3)19(16)7-10-23(17,18)2/h4,12,15-16,18-19H,5-11,13H2,1-3H3/t15?,16-,18-,19-,23+,24+/m0/s1. The van der Waals surface area contributed by atoms with E-state index in [2.05, 4.69) is 42.5 Å². The second kappa shape index (κ2) is 7.61. The summed E-state index contributed by atoms with van der Waals surface area (Å²) in [6.45, 7) is 6.18. The van der Waals surface area contributed by atoms with Gasteiger partial charge in [0.1, 0.15) is 6.10 Å². The van der Waals surface area contributed by atoms with Crippen molar-refractivity contribution in [3.8, 4) is 0 Å². The Balaban J connectivity index is 1.59. The molecule has 0 spiro atoms. The van der Waals surface area contributed by atoms with Crippen molar-refractivity contribution in [3.05, 3.63) is 23.3 Å². The van der Waals surface area contributed by atoms with Crippen LogP contribution in [-0.4, -0.2) is 28.1 Å². The number of hydrogen-bond acceptors (Lipinski definition) is 4. The van der Waals surface area contributed by atoms with E-state index >= 15 is 0 Å². The first-order chi connectivity index (χ1) is 13.7. The van der Waals surface area contributed by atoms with Crippen molar-refractivity contribution < 1.29 is 19.1 Å². The van der Waals surface area contributed by atoms with Gasteiger partial charge in [-0.05, 0) is 79.3 Å².